The zero-order valence-electron chi connectivity index (χ0n) is 19.0. The number of aromatic nitrogens is 2. The van der Waals surface area contributed by atoms with Crippen molar-refractivity contribution in [3.8, 4) is 39.7 Å². The lowest BCUT2D eigenvalue weighted by molar-refractivity contribution is -0.137. The van der Waals surface area contributed by atoms with E-state index < -0.39 is 11.8 Å². The Kier molecular flexibility index (Phi) is 7.01. The first-order valence-corrected chi connectivity index (χ1v) is 11.1. The number of benzene rings is 3. The predicted octanol–water partition coefficient (Wildman–Crippen LogP) is 6.32. The van der Waals surface area contributed by atoms with E-state index >= 15 is 0 Å². The van der Waals surface area contributed by atoms with Crippen LogP contribution >= 0.6 is 0 Å². The fourth-order valence-electron chi connectivity index (χ4n) is 3.81. The second-order valence-corrected chi connectivity index (χ2v) is 7.94. The van der Waals surface area contributed by atoms with Gasteiger partial charge in [0.2, 0.25) is 5.82 Å². The van der Waals surface area contributed by atoms with Crippen LogP contribution in [0.3, 0.4) is 0 Å². The van der Waals surface area contributed by atoms with Crippen LogP contribution in [0.2, 0.25) is 0 Å². The molecule has 3 aromatic carbocycles. The van der Waals surface area contributed by atoms with Gasteiger partial charge in [0.25, 0.3) is 5.89 Å². The summed E-state index contributed by atoms with van der Waals surface area (Å²) in [5.41, 5.74) is 4.85. The molecule has 174 valence electrons. The number of aryl methyl sites for hydroxylation is 2. The van der Waals surface area contributed by atoms with Crippen molar-refractivity contribution in [2.45, 2.75) is 33.1 Å². The van der Waals surface area contributed by atoms with Gasteiger partial charge in [-0.3, -0.25) is 4.79 Å². The number of nitrogens with zero attached hydrogens (tertiary/aromatic N) is 2. The molecule has 0 saturated carbocycles. The van der Waals surface area contributed by atoms with Crippen LogP contribution in [0, 0.1) is 12.7 Å². The molecule has 6 nitrogen and oxygen atoms in total. The summed E-state index contributed by atoms with van der Waals surface area (Å²) in [5, 5.41) is 12.8. The van der Waals surface area contributed by atoms with Gasteiger partial charge in [0.1, 0.15) is 11.6 Å². The van der Waals surface area contributed by atoms with Crippen LogP contribution in [0.1, 0.15) is 30.9 Å². The van der Waals surface area contributed by atoms with Crippen LogP contribution in [0.25, 0.3) is 34.0 Å². The molecule has 7 heteroatoms. The van der Waals surface area contributed by atoms with Gasteiger partial charge in [0.15, 0.2) is 0 Å². The Morgan fingerprint density at radius 1 is 1.06 bits per heavy atom. The van der Waals surface area contributed by atoms with Crippen LogP contribution < -0.4 is 4.74 Å². The standard InChI is InChI=1S/C27H25FN2O4/c1-3-33-24-16-20(13-14-22(24)21-9-5-4-7-17(21)2)27-29-26(30-34-27)19-12-11-18(23(28)15-19)8-6-10-25(31)32/h4-5,7,9,11-16H,3,6,8,10H2,1-2H3,(H,31,32). The van der Waals surface area contributed by atoms with Gasteiger partial charge >= 0.3 is 5.97 Å². The minimum Gasteiger partial charge on any atom is -0.493 e. The Morgan fingerprint density at radius 2 is 1.85 bits per heavy atom. The molecule has 34 heavy (non-hydrogen) atoms. The van der Waals surface area contributed by atoms with Gasteiger partial charge in [-0.05, 0) is 67.6 Å². The quantitative estimate of drug-likeness (QED) is 0.314. The van der Waals surface area contributed by atoms with Gasteiger partial charge in [0, 0.05) is 23.1 Å². The fraction of sp³-hybridized carbons (Fsp3) is 0.222. The second kappa shape index (κ2) is 10.3. The average molecular weight is 461 g/mol. The maximum absolute atomic E-state index is 14.5. The molecule has 0 aliphatic rings. The largest absolute Gasteiger partial charge is 0.493 e. The smallest absolute Gasteiger partial charge is 0.303 e. The van der Waals surface area contributed by atoms with E-state index in [2.05, 4.69) is 29.2 Å². The number of hydrogen-bond donors (Lipinski definition) is 1. The number of carbonyl (C=O) groups is 1. The molecule has 1 aromatic heterocycles. The molecule has 0 aliphatic heterocycles. The van der Waals surface area contributed by atoms with Crippen molar-refractivity contribution in [2.24, 2.45) is 0 Å². The van der Waals surface area contributed by atoms with E-state index in [1.807, 2.05) is 37.3 Å². The van der Waals surface area contributed by atoms with Crippen molar-refractivity contribution in [1.29, 1.82) is 0 Å². The summed E-state index contributed by atoms with van der Waals surface area (Å²) in [5.74, 6) is -0.0257. The first kappa shape index (κ1) is 23.2. The van der Waals surface area contributed by atoms with Gasteiger partial charge < -0.3 is 14.4 Å². The minimum absolute atomic E-state index is 0.00174. The molecule has 0 aliphatic carbocycles. The van der Waals surface area contributed by atoms with Gasteiger partial charge in [-0.15, -0.1) is 0 Å². The molecular formula is C27H25FN2O4. The molecule has 0 spiro atoms. The van der Waals surface area contributed by atoms with Crippen molar-refractivity contribution < 1.29 is 23.6 Å². The van der Waals surface area contributed by atoms with Crippen molar-refractivity contribution in [3.63, 3.8) is 0 Å². The minimum atomic E-state index is -0.893. The van der Waals surface area contributed by atoms with Gasteiger partial charge in [-0.2, -0.15) is 4.98 Å². The summed E-state index contributed by atoms with van der Waals surface area (Å²) in [7, 11) is 0. The molecule has 0 bridgehead atoms. The third kappa shape index (κ3) is 5.14. The summed E-state index contributed by atoms with van der Waals surface area (Å²) < 4.78 is 25.9. The van der Waals surface area contributed by atoms with Crippen LogP contribution in [0.15, 0.2) is 65.2 Å². The third-order valence-electron chi connectivity index (χ3n) is 5.54. The highest BCUT2D eigenvalue weighted by atomic mass is 19.1. The monoisotopic (exact) mass is 460 g/mol. The van der Waals surface area contributed by atoms with Gasteiger partial charge in [0.05, 0.1) is 6.61 Å². The van der Waals surface area contributed by atoms with Crippen molar-refractivity contribution in [3.05, 3.63) is 77.6 Å². The number of hydrogen-bond acceptors (Lipinski definition) is 5. The average Bonchev–Trinajstić information content (AvgIpc) is 3.31. The molecular weight excluding hydrogens is 435 g/mol. The topological polar surface area (TPSA) is 85.5 Å². The second-order valence-electron chi connectivity index (χ2n) is 7.94. The predicted molar refractivity (Wildman–Crippen MR) is 127 cm³/mol. The number of carboxylic acid groups (broad SMARTS) is 1. The number of ether oxygens (including phenoxy) is 1. The van der Waals surface area contributed by atoms with E-state index in [0.717, 1.165) is 16.7 Å². The van der Waals surface area contributed by atoms with E-state index in [-0.39, 0.29) is 12.2 Å². The Morgan fingerprint density at radius 3 is 2.59 bits per heavy atom. The van der Waals surface area contributed by atoms with Crippen LogP contribution in [-0.2, 0) is 11.2 Å². The van der Waals surface area contributed by atoms with E-state index in [1.54, 1.807) is 12.1 Å². The molecule has 0 saturated heterocycles. The lowest BCUT2D eigenvalue weighted by Crippen LogP contribution is -1.98. The number of halogens is 1. The van der Waals surface area contributed by atoms with Gasteiger partial charge in [-0.1, -0.05) is 41.6 Å². The van der Waals surface area contributed by atoms with E-state index in [4.69, 9.17) is 14.4 Å². The first-order valence-electron chi connectivity index (χ1n) is 11.1. The summed E-state index contributed by atoms with van der Waals surface area (Å²) in [4.78, 5) is 15.1. The molecule has 0 radical (unpaired) electrons. The molecule has 4 aromatic rings. The van der Waals surface area contributed by atoms with E-state index in [9.17, 15) is 9.18 Å². The number of carboxylic acids is 1. The molecule has 0 unspecified atom stereocenters. The number of rotatable bonds is 9. The number of aliphatic carboxylic acids is 1. The van der Waals surface area contributed by atoms with Crippen molar-refractivity contribution in [1.82, 2.24) is 10.1 Å². The lowest BCUT2D eigenvalue weighted by atomic mass is 9.98. The Labute approximate surface area is 197 Å². The highest BCUT2D eigenvalue weighted by Gasteiger charge is 2.16. The van der Waals surface area contributed by atoms with Crippen LogP contribution in [0.5, 0.6) is 5.75 Å². The molecule has 0 atom stereocenters. The van der Waals surface area contributed by atoms with Crippen LogP contribution in [-0.4, -0.2) is 27.8 Å². The summed E-state index contributed by atoms with van der Waals surface area (Å²) in [6.07, 6.45) is 0.726. The van der Waals surface area contributed by atoms with Gasteiger partial charge in [-0.25, -0.2) is 4.39 Å². The lowest BCUT2D eigenvalue weighted by Gasteiger charge is -2.13. The maximum Gasteiger partial charge on any atom is 0.303 e. The summed E-state index contributed by atoms with van der Waals surface area (Å²) >= 11 is 0. The van der Waals surface area contributed by atoms with E-state index in [1.165, 1.54) is 6.07 Å². The molecule has 4 rings (SSSR count). The normalized spacial score (nSPS) is 10.9. The maximum atomic E-state index is 14.5. The fourth-order valence-corrected chi connectivity index (χ4v) is 3.81. The SMILES string of the molecule is CCOc1cc(-c2nc(-c3ccc(CCCC(=O)O)c(F)c3)no2)ccc1-c1ccccc1C. The highest BCUT2D eigenvalue weighted by Crippen LogP contribution is 2.36. The Bertz CT molecular complexity index is 1320. The van der Waals surface area contributed by atoms with E-state index in [0.29, 0.717) is 47.8 Å². The zero-order valence-corrected chi connectivity index (χ0v) is 19.0. The Balaban J connectivity index is 1.59. The van der Waals surface area contributed by atoms with Crippen molar-refractivity contribution >= 4 is 5.97 Å². The zero-order chi connectivity index (χ0) is 24.1. The van der Waals surface area contributed by atoms with Crippen molar-refractivity contribution in [2.75, 3.05) is 6.61 Å². The summed E-state index contributed by atoms with van der Waals surface area (Å²) in [6, 6.07) is 18.5. The Hall–Kier alpha value is -4.00. The third-order valence-corrected chi connectivity index (χ3v) is 5.54. The summed E-state index contributed by atoms with van der Waals surface area (Å²) in [6.45, 7) is 4.49. The first-order chi connectivity index (χ1) is 16.5. The molecule has 0 amide bonds. The van der Waals surface area contributed by atoms with Crippen LogP contribution in [0.4, 0.5) is 4.39 Å². The molecule has 1 heterocycles. The highest BCUT2D eigenvalue weighted by molar-refractivity contribution is 5.76. The molecule has 0 fully saturated rings. The molecule has 1 N–H and O–H groups in total.